The summed E-state index contributed by atoms with van der Waals surface area (Å²) < 4.78 is 15.0. The zero-order valence-electron chi connectivity index (χ0n) is 20.5. The van der Waals surface area contributed by atoms with Crippen molar-refractivity contribution in [3.8, 4) is 0 Å². The minimum absolute atomic E-state index is 0.0328. The highest BCUT2D eigenvalue weighted by atomic mass is 16.6. The monoisotopic (exact) mass is 520 g/mol. The van der Waals surface area contributed by atoms with Crippen LogP contribution in [0.1, 0.15) is 58.3 Å². The summed E-state index contributed by atoms with van der Waals surface area (Å²) in [5.41, 5.74) is -0.748. The summed E-state index contributed by atoms with van der Waals surface area (Å²) in [7, 11) is 0. The molecule has 202 valence electrons. The normalized spacial score (nSPS) is 31.6. The van der Waals surface area contributed by atoms with Crippen molar-refractivity contribution >= 4 is 23.9 Å². The second-order valence-electron chi connectivity index (χ2n) is 9.93. The Hall–Kier alpha value is -2.86. The summed E-state index contributed by atoms with van der Waals surface area (Å²) in [6.45, 7) is 2.03. The van der Waals surface area contributed by atoms with Gasteiger partial charge in [-0.25, -0.2) is 19.2 Å². The van der Waals surface area contributed by atoms with Gasteiger partial charge in [-0.05, 0) is 25.2 Å². The third kappa shape index (κ3) is 5.40. The van der Waals surface area contributed by atoms with Crippen LogP contribution in [-0.4, -0.2) is 75.0 Å². The molecule has 0 spiro atoms. The number of carbonyl (C=O) groups excluding carboxylic acids is 4. The predicted octanol–water partition coefficient (Wildman–Crippen LogP) is 0.489. The molecule has 4 rings (SSSR count). The Kier molecular flexibility index (Phi) is 8.27. The number of rotatable bonds is 8. The molecule has 0 aromatic rings. The summed E-state index contributed by atoms with van der Waals surface area (Å²) in [5, 5.41) is 44.2. The van der Waals surface area contributed by atoms with Crippen LogP contribution in [0.15, 0.2) is 34.4 Å². The van der Waals surface area contributed by atoms with Crippen molar-refractivity contribution in [1.82, 2.24) is 0 Å². The van der Waals surface area contributed by atoms with E-state index in [0.29, 0.717) is 6.42 Å². The topological polar surface area (TPSA) is 177 Å². The number of hydrogen-bond donors (Lipinski definition) is 4. The second-order valence-corrected chi connectivity index (χ2v) is 9.93. The van der Waals surface area contributed by atoms with Gasteiger partial charge in [-0.2, -0.15) is 0 Å². The number of aliphatic hydroxyl groups is 4. The molecule has 2 unspecified atom stereocenters. The van der Waals surface area contributed by atoms with Crippen molar-refractivity contribution in [3.63, 3.8) is 0 Å². The standard InChI is InChI=1S/C26H32O11/c1-2-3-4-5-7-15(27)20-18-13(23(31)36-25(18)33)10-12(21(29)16-8-6-9-17(28)35-16)11-14-19(22(20)30)26(34)37-24(14)32/h6,9,12,15-16,20-23,27,29-31H,2-5,7-8,10-11H2,1H3/t12-,15-,16?,20-,21+,22+,23?/m0/s1. The Balaban J connectivity index is 1.77. The molecule has 11 heteroatoms. The van der Waals surface area contributed by atoms with Gasteiger partial charge < -0.3 is 34.6 Å². The first-order chi connectivity index (χ1) is 17.6. The molecule has 0 bridgehead atoms. The molecule has 0 radical (unpaired) electrons. The van der Waals surface area contributed by atoms with Crippen LogP contribution in [-0.2, 0) is 33.4 Å². The average Bonchev–Trinajstić information content (AvgIpc) is 3.30. The summed E-state index contributed by atoms with van der Waals surface area (Å²) in [6.07, 6.45) is -1.25. The second kappa shape index (κ2) is 11.3. The van der Waals surface area contributed by atoms with Crippen LogP contribution in [0.4, 0.5) is 0 Å². The number of esters is 4. The maximum atomic E-state index is 12.9. The lowest BCUT2D eigenvalue weighted by atomic mass is 9.80. The molecular weight excluding hydrogens is 488 g/mol. The van der Waals surface area contributed by atoms with Crippen LogP contribution in [0.3, 0.4) is 0 Å². The largest absolute Gasteiger partial charge is 0.456 e. The molecule has 37 heavy (non-hydrogen) atoms. The van der Waals surface area contributed by atoms with E-state index in [1.54, 1.807) is 0 Å². The fourth-order valence-corrected chi connectivity index (χ4v) is 5.59. The van der Waals surface area contributed by atoms with Gasteiger partial charge in [-0.1, -0.05) is 38.7 Å². The van der Waals surface area contributed by atoms with E-state index in [4.69, 9.17) is 14.2 Å². The average molecular weight is 521 g/mol. The van der Waals surface area contributed by atoms with Gasteiger partial charge >= 0.3 is 23.9 Å². The quantitative estimate of drug-likeness (QED) is 0.152. The molecule has 7 atom stereocenters. The van der Waals surface area contributed by atoms with Crippen molar-refractivity contribution in [2.75, 3.05) is 0 Å². The number of unbranched alkanes of at least 4 members (excludes halogenated alkanes) is 3. The Morgan fingerprint density at radius 2 is 1.70 bits per heavy atom. The minimum atomic E-state index is -1.80. The molecule has 0 saturated carbocycles. The molecule has 0 aromatic carbocycles. The number of ether oxygens (including phenoxy) is 3. The number of aliphatic hydroxyl groups excluding tert-OH is 4. The van der Waals surface area contributed by atoms with Gasteiger partial charge in [0, 0.05) is 24.0 Å². The fourth-order valence-electron chi connectivity index (χ4n) is 5.59. The minimum Gasteiger partial charge on any atom is -0.456 e. The van der Waals surface area contributed by atoms with E-state index in [1.165, 1.54) is 12.2 Å². The van der Waals surface area contributed by atoms with E-state index in [2.05, 4.69) is 0 Å². The lowest BCUT2D eigenvalue weighted by Gasteiger charge is -2.31. The van der Waals surface area contributed by atoms with E-state index >= 15 is 0 Å². The lowest BCUT2D eigenvalue weighted by Crippen LogP contribution is -2.39. The molecule has 0 saturated heterocycles. The van der Waals surface area contributed by atoms with Crippen molar-refractivity contribution in [2.24, 2.45) is 11.8 Å². The molecule has 0 fully saturated rings. The summed E-state index contributed by atoms with van der Waals surface area (Å²) in [4.78, 5) is 49.9. The van der Waals surface area contributed by atoms with E-state index in [-0.39, 0.29) is 42.4 Å². The van der Waals surface area contributed by atoms with Gasteiger partial charge in [-0.3, -0.25) is 0 Å². The Morgan fingerprint density at radius 3 is 2.41 bits per heavy atom. The molecule has 11 nitrogen and oxygen atoms in total. The van der Waals surface area contributed by atoms with Crippen molar-refractivity contribution < 1.29 is 53.8 Å². The maximum Gasteiger partial charge on any atom is 0.345 e. The highest BCUT2D eigenvalue weighted by Gasteiger charge is 2.51. The highest BCUT2D eigenvalue weighted by Crippen LogP contribution is 2.44. The molecule has 4 aliphatic rings. The lowest BCUT2D eigenvalue weighted by molar-refractivity contribution is -0.155. The van der Waals surface area contributed by atoms with Crippen LogP contribution in [0.2, 0.25) is 0 Å². The zero-order valence-corrected chi connectivity index (χ0v) is 20.5. The van der Waals surface area contributed by atoms with Gasteiger partial charge in [0.25, 0.3) is 0 Å². The summed E-state index contributed by atoms with van der Waals surface area (Å²) >= 11 is 0. The van der Waals surface area contributed by atoms with E-state index < -0.39 is 72.0 Å². The molecule has 3 aliphatic heterocycles. The molecule has 3 heterocycles. The highest BCUT2D eigenvalue weighted by molar-refractivity contribution is 6.13. The van der Waals surface area contributed by atoms with Gasteiger partial charge in [0.15, 0.2) is 0 Å². The Bertz CT molecular complexity index is 1050. The van der Waals surface area contributed by atoms with E-state index in [1.807, 2.05) is 6.92 Å². The van der Waals surface area contributed by atoms with E-state index in [0.717, 1.165) is 19.3 Å². The van der Waals surface area contributed by atoms with E-state index in [9.17, 15) is 39.6 Å². The third-order valence-corrected chi connectivity index (χ3v) is 7.50. The van der Waals surface area contributed by atoms with Gasteiger partial charge in [-0.15, -0.1) is 0 Å². The van der Waals surface area contributed by atoms with Gasteiger partial charge in [0.05, 0.1) is 35.0 Å². The number of carbonyl (C=O) groups is 4. The number of cyclic esters (lactones) is 4. The van der Waals surface area contributed by atoms with Gasteiger partial charge in [0.2, 0.25) is 6.29 Å². The maximum absolute atomic E-state index is 12.9. The van der Waals surface area contributed by atoms with Crippen molar-refractivity contribution in [2.45, 2.75) is 89.0 Å². The predicted molar refractivity (Wildman–Crippen MR) is 124 cm³/mol. The zero-order chi connectivity index (χ0) is 26.9. The molecule has 0 amide bonds. The van der Waals surface area contributed by atoms with Crippen LogP contribution in [0, 0.1) is 11.8 Å². The Morgan fingerprint density at radius 1 is 0.946 bits per heavy atom. The fraction of sp³-hybridized carbons (Fsp3) is 0.615. The third-order valence-electron chi connectivity index (χ3n) is 7.50. The SMILES string of the molecule is CCCCCC[C@H](O)[C@H]1C2=C(C[C@H]([C@@H](O)C3CC=CC(=O)O3)CC3=C(C(=O)OC3=O)[C@H]1O)C(O)OC2=O. The number of hydrogen-bond acceptors (Lipinski definition) is 11. The smallest absolute Gasteiger partial charge is 0.345 e. The summed E-state index contributed by atoms with van der Waals surface area (Å²) in [6, 6.07) is 0. The first-order valence-corrected chi connectivity index (χ1v) is 12.7. The van der Waals surface area contributed by atoms with Crippen molar-refractivity contribution in [1.29, 1.82) is 0 Å². The first kappa shape index (κ1) is 27.2. The van der Waals surface area contributed by atoms with Crippen LogP contribution < -0.4 is 0 Å². The van der Waals surface area contributed by atoms with Crippen LogP contribution in [0.5, 0.6) is 0 Å². The molecule has 0 aromatic heterocycles. The Labute approximate surface area is 213 Å². The molecule has 4 N–H and O–H groups in total. The van der Waals surface area contributed by atoms with Gasteiger partial charge in [0.1, 0.15) is 6.10 Å². The van der Waals surface area contributed by atoms with Crippen LogP contribution >= 0.6 is 0 Å². The molecule has 1 aliphatic carbocycles. The summed E-state index contributed by atoms with van der Waals surface area (Å²) in [5.74, 6) is -6.05. The van der Waals surface area contributed by atoms with Crippen LogP contribution in [0.25, 0.3) is 0 Å². The first-order valence-electron chi connectivity index (χ1n) is 12.7. The van der Waals surface area contributed by atoms with Crippen molar-refractivity contribution in [3.05, 3.63) is 34.4 Å². The molecular formula is C26H32O11.